The van der Waals surface area contributed by atoms with Gasteiger partial charge in [0.1, 0.15) is 5.82 Å². The zero-order valence-corrected chi connectivity index (χ0v) is 13.5. The molecule has 0 saturated carbocycles. The minimum Gasteiger partial charge on any atom is -0.337 e. The van der Waals surface area contributed by atoms with Gasteiger partial charge in [-0.1, -0.05) is 28.9 Å². The highest BCUT2D eigenvalue weighted by Crippen LogP contribution is 2.26. The third-order valence-corrected chi connectivity index (χ3v) is 4.41. The fourth-order valence-corrected chi connectivity index (χ4v) is 3.48. The van der Waals surface area contributed by atoms with E-state index in [1.54, 1.807) is 0 Å². The van der Waals surface area contributed by atoms with Crippen molar-refractivity contribution in [2.75, 3.05) is 12.3 Å². The van der Waals surface area contributed by atoms with Gasteiger partial charge in [0.05, 0.1) is 6.04 Å². The Balaban J connectivity index is 2.04. The molecule has 2 rings (SSSR count). The first-order valence-electron chi connectivity index (χ1n) is 6.29. The summed E-state index contributed by atoms with van der Waals surface area (Å²) in [5.41, 5.74) is 0. The van der Waals surface area contributed by atoms with Crippen LogP contribution in [-0.2, 0) is 7.05 Å². The Morgan fingerprint density at radius 1 is 1.47 bits per heavy atom. The van der Waals surface area contributed by atoms with Gasteiger partial charge < -0.3 is 9.88 Å². The molecule has 1 aromatic carbocycles. The summed E-state index contributed by atoms with van der Waals surface area (Å²) in [6.45, 7) is 3.07. The van der Waals surface area contributed by atoms with Crippen LogP contribution >= 0.6 is 27.7 Å². The standard InChI is InChI=1S/C14H18BrN3S/c1-3-16-13(14-17-7-8-18(14)2)10-19-12-6-4-5-11(15)9-12/h4-9,13,16H,3,10H2,1-2H3. The van der Waals surface area contributed by atoms with Crippen LogP contribution in [0.2, 0.25) is 0 Å². The summed E-state index contributed by atoms with van der Waals surface area (Å²) in [6, 6.07) is 8.66. The van der Waals surface area contributed by atoms with E-state index < -0.39 is 0 Å². The molecule has 5 heteroatoms. The second-order valence-corrected chi connectivity index (χ2v) is 6.28. The number of halogens is 1. The van der Waals surface area contributed by atoms with Crippen molar-refractivity contribution in [3.05, 3.63) is 47.0 Å². The molecule has 1 N–H and O–H groups in total. The molecule has 1 atom stereocenters. The first kappa shape index (κ1) is 14.6. The van der Waals surface area contributed by atoms with Crippen LogP contribution in [0.1, 0.15) is 18.8 Å². The Labute approximate surface area is 126 Å². The Hall–Kier alpha value is -0.780. The van der Waals surface area contributed by atoms with Crippen LogP contribution in [-0.4, -0.2) is 21.8 Å². The highest BCUT2D eigenvalue weighted by molar-refractivity contribution is 9.10. The molecule has 0 radical (unpaired) electrons. The van der Waals surface area contributed by atoms with Crippen molar-refractivity contribution in [3.63, 3.8) is 0 Å². The number of thioether (sulfide) groups is 1. The van der Waals surface area contributed by atoms with Crippen molar-refractivity contribution in [2.24, 2.45) is 7.05 Å². The minimum atomic E-state index is 0.272. The summed E-state index contributed by atoms with van der Waals surface area (Å²) in [5.74, 6) is 2.05. The van der Waals surface area contributed by atoms with Crippen molar-refractivity contribution >= 4 is 27.7 Å². The molecule has 0 aliphatic carbocycles. The lowest BCUT2D eigenvalue weighted by Gasteiger charge is -2.17. The second-order valence-electron chi connectivity index (χ2n) is 4.27. The van der Waals surface area contributed by atoms with Gasteiger partial charge in [-0.3, -0.25) is 0 Å². The van der Waals surface area contributed by atoms with Gasteiger partial charge in [0.2, 0.25) is 0 Å². The molecule has 0 bridgehead atoms. The highest BCUT2D eigenvalue weighted by atomic mass is 79.9. The lowest BCUT2D eigenvalue weighted by molar-refractivity contribution is 0.555. The van der Waals surface area contributed by atoms with Gasteiger partial charge in [0.25, 0.3) is 0 Å². The summed E-state index contributed by atoms with van der Waals surface area (Å²) in [4.78, 5) is 5.71. The maximum absolute atomic E-state index is 4.44. The minimum absolute atomic E-state index is 0.272. The maximum Gasteiger partial charge on any atom is 0.126 e. The maximum atomic E-state index is 4.44. The number of benzene rings is 1. The SMILES string of the molecule is CCNC(CSc1cccc(Br)c1)c1nccn1C. The topological polar surface area (TPSA) is 29.9 Å². The number of aryl methyl sites for hydroxylation is 1. The van der Waals surface area contributed by atoms with Crippen molar-refractivity contribution in [2.45, 2.75) is 17.9 Å². The van der Waals surface area contributed by atoms with E-state index in [0.29, 0.717) is 0 Å². The molecule has 0 aliphatic heterocycles. The van der Waals surface area contributed by atoms with E-state index in [1.807, 2.05) is 37.3 Å². The lowest BCUT2D eigenvalue weighted by atomic mass is 10.3. The molecule has 0 fully saturated rings. The predicted octanol–water partition coefficient (Wildman–Crippen LogP) is 3.63. The fourth-order valence-electron chi connectivity index (χ4n) is 1.92. The molecular formula is C14H18BrN3S. The van der Waals surface area contributed by atoms with Crippen LogP contribution in [0.4, 0.5) is 0 Å². The van der Waals surface area contributed by atoms with Gasteiger partial charge in [-0.2, -0.15) is 0 Å². The van der Waals surface area contributed by atoms with Crippen molar-refractivity contribution < 1.29 is 0 Å². The van der Waals surface area contributed by atoms with Crippen molar-refractivity contribution in [1.29, 1.82) is 0 Å². The monoisotopic (exact) mass is 339 g/mol. The van der Waals surface area contributed by atoms with Gasteiger partial charge in [-0.15, -0.1) is 11.8 Å². The van der Waals surface area contributed by atoms with Crippen LogP contribution < -0.4 is 5.32 Å². The van der Waals surface area contributed by atoms with Gasteiger partial charge in [0, 0.05) is 34.6 Å². The Morgan fingerprint density at radius 2 is 2.32 bits per heavy atom. The molecule has 102 valence electrons. The van der Waals surface area contributed by atoms with E-state index in [-0.39, 0.29) is 6.04 Å². The third-order valence-electron chi connectivity index (χ3n) is 2.83. The normalized spacial score (nSPS) is 12.6. The molecule has 0 amide bonds. The number of nitrogens with zero attached hydrogens (tertiary/aromatic N) is 2. The second kappa shape index (κ2) is 7.12. The third kappa shape index (κ3) is 4.09. The Bertz CT molecular complexity index is 527. The van der Waals surface area contributed by atoms with E-state index in [0.717, 1.165) is 22.6 Å². The molecule has 2 aromatic rings. The lowest BCUT2D eigenvalue weighted by Crippen LogP contribution is -2.25. The van der Waals surface area contributed by atoms with Gasteiger partial charge in [-0.05, 0) is 24.7 Å². The summed E-state index contributed by atoms with van der Waals surface area (Å²) >= 11 is 5.35. The van der Waals surface area contributed by atoms with Gasteiger partial charge in [-0.25, -0.2) is 4.98 Å². The molecule has 0 saturated heterocycles. The first-order chi connectivity index (χ1) is 9.20. The van der Waals surface area contributed by atoms with E-state index in [2.05, 4.69) is 55.9 Å². The number of rotatable bonds is 6. The number of nitrogens with one attached hydrogen (secondary N) is 1. The highest BCUT2D eigenvalue weighted by Gasteiger charge is 2.15. The van der Waals surface area contributed by atoms with Crippen LogP contribution in [0.5, 0.6) is 0 Å². The molecule has 0 aliphatic rings. The fraction of sp³-hybridized carbons (Fsp3) is 0.357. The predicted molar refractivity (Wildman–Crippen MR) is 84.5 cm³/mol. The van der Waals surface area contributed by atoms with E-state index in [4.69, 9.17) is 0 Å². The van der Waals surface area contributed by atoms with Crippen molar-refractivity contribution in [3.8, 4) is 0 Å². The molecule has 1 heterocycles. The summed E-state index contributed by atoms with van der Waals surface area (Å²) in [7, 11) is 2.04. The van der Waals surface area contributed by atoms with E-state index in [1.165, 1.54) is 4.90 Å². The molecule has 1 aromatic heterocycles. The summed E-state index contributed by atoms with van der Waals surface area (Å²) in [6.07, 6.45) is 3.84. The number of hydrogen-bond donors (Lipinski definition) is 1. The van der Waals surface area contributed by atoms with Crippen LogP contribution in [0.25, 0.3) is 0 Å². The zero-order chi connectivity index (χ0) is 13.7. The number of hydrogen-bond acceptors (Lipinski definition) is 3. The van der Waals surface area contributed by atoms with Crippen LogP contribution in [0, 0.1) is 0 Å². The van der Waals surface area contributed by atoms with Gasteiger partial charge in [0.15, 0.2) is 0 Å². The van der Waals surface area contributed by atoms with E-state index >= 15 is 0 Å². The first-order valence-corrected chi connectivity index (χ1v) is 8.07. The molecule has 19 heavy (non-hydrogen) atoms. The molecule has 1 unspecified atom stereocenters. The number of imidazole rings is 1. The quantitative estimate of drug-likeness (QED) is 0.815. The smallest absolute Gasteiger partial charge is 0.126 e. The molecular weight excluding hydrogens is 322 g/mol. The Morgan fingerprint density at radius 3 is 2.95 bits per heavy atom. The average Bonchev–Trinajstić information content (AvgIpc) is 2.81. The molecule has 0 spiro atoms. The van der Waals surface area contributed by atoms with E-state index in [9.17, 15) is 0 Å². The average molecular weight is 340 g/mol. The summed E-state index contributed by atoms with van der Waals surface area (Å²) < 4.78 is 3.20. The number of aromatic nitrogens is 2. The molecule has 3 nitrogen and oxygen atoms in total. The van der Waals surface area contributed by atoms with Crippen molar-refractivity contribution in [1.82, 2.24) is 14.9 Å². The van der Waals surface area contributed by atoms with Gasteiger partial charge >= 0.3 is 0 Å². The summed E-state index contributed by atoms with van der Waals surface area (Å²) in [5, 5.41) is 3.49. The Kier molecular flexibility index (Phi) is 5.48. The van der Waals surface area contributed by atoms with Crippen LogP contribution in [0.15, 0.2) is 46.0 Å². The zero-order valence-electron chi connectivity index (χ0n) is 11.1. The van der Waals surface area contributed by atoms with Crippen LogP contribution in [0.3, 0.4) is 0 Å². The largest absolute Gasteiger partial charge is 0.337 e.